The molecule has 0 bridgehead atoms. The van der Waals surface area contributed by atoms with Crippen molar-refractivity contribution in [1.29, 1.82) is 0 Å². The maximum atomic E-state index is 13.7. The molecule has 0 unspecified atom stereocenters. The number of halogens is 2. The van der Waals surface area contributed by atoms with Crippen LogP contribution in [0.5, 0.6) is 0 Å². The van der Waals surface area contributed by atoms with Gasteiger partial charge in [-0.2, -0.15) is 0 Å². The molecular weight excluding hydrogens is 352 g/mol. The van der Waals surface area contributed by atoms with Crippen molar-refractivity contribution >= 4 is 17.5 Å². The Bertz CT molecular complexity index is 978. The van der Waals surface area contributed by atoms with Crippen molar-refractivity contribution in [2.75, 3.05) is 5.32 Å². The van der Waals surface area contributed by atoms with Gasteiger partial charge in [-0.05, 0) is 29.8 Å². The second-order valence-corrected chi connectivity index (χ2v) is 5.65. The Morgan fingerprint density at radius 1 is 0.852 bits per heavy atom. The standard InChI is InChI=1S/C20H15F2N3O2/c21-14-9-10-16(15(22)11-14)25-20(27)18-8-4-7-17(24-18)19(26)23-12-13-5-2-1-3-6-13/h1-11H,12H2,(H,23,26)(H,25,27). The van der Waals surface area contributed by atoms with E-state index in [1.165, 1.54) is 18.2 Å². The predicted molar refractivity (Wildman–Crippen MR) is 96.2 cm³/mol. The number of hydrogen-bond donors (Lipinski definition) is 2. The highest BCUT2D eigenvalue weighted by Crippen LogP contribution is 2.16. The van der Waals surface area contributed by atoms with Gasteiger partial charge in [-0.3, -0.25) is 9.59 Å². The first-order valence-electron chi connectivity index (χ1n) is 8.08. The van der Waals surface area contributed by atoms with Crippen LogP contribution in [0.15, 0.2) is 66.7 Å². The van der Waals surface area contributed by atoms with E-state index < -0.39 is 23.4 Å². The number of nitrogens with one attached hydrogen (secondary N) is 2. The quantitative estimate of drug-likeness (QED) is 0.725. The van der Waals surface area contributed by atoms with Crippen molar-refractivity contribution in [2.45, 2.75) is 6.54 Å². The molecule has 0 spiro atoms. The molecule has 5 nitrogen and oxygen atoms in total. The lowest BCUT2D eigenvalue weighted by Crippen LogP contribution is -2.25. The molecule has 1 heterocycles. The average molecular weight is 367 g/mol. The first-order chi connectivity index (χ1) is 13.0. The van der Waals surface area contributed by atoms with Gasteiger partial charge in [0.25, 0.3) is 11.8 Å². The predicted octanol–water partition coefficient (Wildman–Crippen LogP) is 3.54. The number of carbonyl (C=O) groups is 2. The maximum Gasteiger partial charge on any atom is 0.274 e. The van der Waals surface area contributed by atoms with Crippen LogP contribution in [0, 0.1) is 11.6 Å². The summed E-state index contributed by atoms with van der Waals surface area (Å²) >= 11 is 0. The molecule has 2 N–H and O–H groups in total. The van der Waals surface area contributed by atoms with Crippen molar-refractivity contribution in [3.8, 4) is 0 Å². The third-order valence-corrected chi connectivity index (χ3v) is 3.69. The number of benzene rings is 2. The van der Waals surface area contributed by atoms with Gasteiger partial charge < -0.3 is 10.6 Å². The molecular formula is C20H15F2N3O2. The Morgan fingerprint density at radius 3 is 2.26 bits per heavy atom. The summed E-state index contributed by atoms with van der Waals surface area (Å²) in [6.07, 6.45) is 0. The molecule has 0 radical (unpaired) electrons. The van der Waals surface area contributed by atoms with Gasteiger partial charge in [0, 0.05) is 12.6 Å². The minimum atomic E-state index is -0.903. The molecule has 2 amide bonds. The largest absolute Gasteiger partial charge is 0.347 e. The van der Waals surface area contributed by atoms with Gasteiger partial charge in [-0.25, -0.2) is 13.8 Å². The second kappa shape index (κ2) is 8.18. The number of anilines is 1. The summed E-state index contributed by atoms with van der Waals surface area (Å²) in [5, 5.41) is 5.01. The van der Waals surface area contributed by atoms with Crippen molar-refractivity contribution in [1.82, 2.24) is 10.3 Å². The molecule has 27 heavy (non-hydrogen) atoms. The SMILES string of the molecule is O=C(NCc1ccccc1)c1cccc(C(=O)Nc2ccc(F)cc2F)n1. The van der Waals surface area contributed by atoms with E-state index in [1.807, 2.05) is 30.3 Å². The van der Waals surface area contributed by atoms with E-state index in [-0.39, 0.29) is 17.1 Å². The lowest BCUT2D eigenvalue weighted by Gasteiger charge is -2.08. The topological polar surface area (TPSA) is 71.1 Å². The van der Waals surface area contributed by atoms with Crippen molar-refractivity contribution in [3.63, 3.8) is 0 Å². The van der Waals surface area contributed by atoms with Crippen LogP contribution in [-0.4, -0.2) is 16.8 Å². The normalized spacial score (nSPS) is 10.3. The molecule has 0 fully saturated rings. The number of amides is 2. The van der Waals surface area contributed by atoms with Crippen LogP contribution in [0.25, 0.3) is 0 Å². The van der Waals surface area contributed by atoms with Crippen LogP contribution in [0.3, 0.4) is 0 Å². The highest BCUT2D eigenvalue weighted by Gasteiger charge is 2.14. The van der Waals surface area contributed by atoms with Gasteiger partial charge in [-0.15, -0.1) is 0 Å². The zero-order valence-corrected chi connectivity index (χ0v) is 14.1. The minimum Gasteiger partial charge on any atom is -0.347 e. The lowest BCUT2D eigenvalue weighted by atomic mass is 10.2. The number of pyridine rings is 1. The van der Waals surface area contributed by atoms with Crippen LogP contribution in [0.4, 0.5) is 14.5 Å². The van der Waals surface area contributed by atoms with Crippen LogP contribution >= 0.6 is 0 Å². The van der Waals surface area contributed by atoms with Gasteiger partial charge in [0.2, 0.25) is 0 Å². The third kappa shape index (κ3) is 4.72. The highest BCUT2D eigenvalue weighted by molar-refractivity contribution is 6.03. The first-order valence-corrected chi connectivity index (χ1v) is 8.08. The van der Waals surface area contributed by atoms with Gasteiger partial charge >= 0.3 is 0 Å². The zero-order chi connectivity index (χ0) is 19.2. The molecule has 0 aliphatic rings. The van der Waals surface area contributed by atoms with Crippen molar-refractivity contribution in [3.05, 3.63) is 95.3 Å². The molecule has 3 rings (SSSR count). The summed E-state index contributed by atoms with van der Waals surface area (Å²) in [6, 6.07) is 16.5. The number of rotatable bonds is 5. The number of hydrogen-bond acceptors (Lipinski definition) is 3. The number of carbonyl (C=O) groups excluding carboxylic acids is 2. The Kier molecular flexibility index (Phi) is 5.51. The summed E-state index contributed by atoms with van der Waals surface area (Å²) in [7, 11) is 0. The molecule has 0 saturated heterocycles. The smallest absolute Gasteiger partial charge is 0.274 e. The van der Waals surface area contributed by atoms with E-state index in [9.17, 15) is 18.4 Å². The molecule has 0 saturated carbocycles. The Morgan fingerprint density at radius 2 is 1.56 bits per heavy atom. The fraction of sp³-hybridized carbons (Fsp3) is 0.0500. The van der Waals surface area contributed by atoms with Crippen LogP contribution < -0.4 is 10.6 Å². The summed E-state index contributed by atoms with van der Waals surface area (Å²) in [4.78, 5) is 28.5. The molecule has 0 aliphatic heterocycles. The average Bonchev–Trinajstić information content (AvgIpc) is 2.69. The first kappa shape index (κ1) is 18.2. The molecule has 7 heteroatoms. The van der Waals surface area contributed by atoms with E-state index >= 15 is 0 Å². The van der Waals surface area contributed by atoms with Gasteiger partial charge in [0.1, 0.15) is 23.0 Å². The molecule has 1 aromatic heterocycles. The minimum absolute atomic E-state index is 0.0539. The molecule has 3 aromatic rings. The van der Waals surface area contributed by atoms with E-state index in [0.29, 0.717) is 12.6 Å². The molecule has 2 aromatic carbocycles. The maximum absolute atomic E-state index is 13.7. The van der Waals surface area contributed by atoms with Crippen LogP contribution in [0.2, 0.25) is 0 Å². The number of nitrogens with zero attached hydrogens (tertiary/aromatic N) is 1. The van der Waals surface area contributed by atoms with E-state index in [2.05, 4.69) is 15.6 Å². The molecule has 0 atom stereocenters. The molecule has 136 valence electrons. The highest BCUT2D eigenvalue weighted by atomic mass is 19.1. The van der Waals surface area contributed by atoms with Gasteiger partial charge in [-0.1, -0.05) is 36.4 Å². The fourth-order valence-electron chi connectivity index (χ4n) is 2.33. The third-order valence-electron chi connectivity index (χ3n) is 3.69. The zero-order valence-electron chi connectivity index (χ0n) is 14.1. The lowest BCUT2D eigenvalue weighted by molar-refractivity contribution is 0.0945. The monoisotopic (exact) mass is 367 g/mol. The van der Waals surface area contributed by atoms with Gasteiger partial charge in [0.05, 0.1) is 5.69 Å². The summed E-state index contributed by atoms with van der Waals surface area (Å²) < 4.78 is 26.6. The van der Waals surface area contributed by atoms with Crippen LogP contribution in [0.1, 0.15) is 26.5 Å². The van der Waals surface area contributed by atoms with E-state index in [4.69, 9.17) is 0 Å². The fourth-order valence-corrected chi connectivity index (χ4v) is 2.33. The number of aromatic nitrogens is 1. The Balaban J connectivity index is 1.68. The van der Waals surface area contributed by atoms with Crippen LogP contribution in [-0.2, 0) is 6.54 Å². The van der Waals surface area contributed by atoms with Crippen molar-refractivity contribution < 1.29 is 18.4 Å². The Labute approximate surface area is 154 Å². The van der Waals surface area contributed by atoms with Gasteiger partial charge in [0.15, 0.2) is 0 Å². The Hall–Kier alpha value is -3.61. The summed E-state index contributed by atoms with van der Waals surface area (Å²) in [6.45, 7) is 0.318. The molecule has 0 aliphatic carbocycles. The summed E-state index contributed by atoms with van der Waals surface area (Å²) in [5.74, 6) is -2.81. The summed E-state index contributed by atoms with van der Waals surface area (Å²) in [5.41, 5.74) is 0.734. The van der Waals surface area contributed by atoms with E-state index in [0.717, 1.165) is 17.7 Å². The van der Waals surface area contributed by atoms with Crippen molar-refractivity contribution in [2.24, 2.45) is 0 Å². The van der Waals surface area contributed by atoms with E-state index in [1.54, 1.807) is 0 Å². The second-order valence-electron chi connectivity index (χ2n) is 5.65.